The lowest BCUT2D eigenvalue weighted by Crippen LogP contribution is -2.16. The Kier molecular flexibility index (Phi) is 6.08. The molecule has 7 nitrogen and oxygen atoms in total. The molecule has 0 aliphatic carbocycles. The van der Waals surface area contributed by atoms with Crippen molar-refractivity contribution in [3.05, 3.63) is 69.5 Å². The van der Waals surface area contributed by atoms with Crippen LogP contribution in [0, 0.1) is 0 Å². The molecule has 0 atom stereocenters. The molecule has 1 aromatic carbocycles. The van der Waals surface area contributed by atoms with Crippen molar-refractivity contribution in [1.29, 1.82) is 0 Å². The first-order valence-corrected chi connectivity index (χ1v) is 13.7. The number of rotatable bonds is 7. The average Bonchev–Trinajstić information content (AvgIpc) is 3.44. The number of halogens is 2. The van der Waals surface area contributed by atoms with Crippen molar-refractivity contribution in [2.75, 3.05) is 9.44 Å². The highest BCUT2D eigenvalue weighted by Gasteiger charge is 2.23. The van der Waals surface area contributed by atoms with Gasteiger partial charge in [0.05, 0.1) is 26.3 Å². The maximum absolute atomic E-state index is 12.8. The van der Waals surface area contributed by atoms with Gasteiger partial charge in [-0.1, -0.05) is 23.2 Å². The quantitative estimate of drug-likeness (QED) is 0.303. The summed E-state index contributed by atoms with van der Waals surface area (Å²) in [6.07, 6.45) is 1.48. The number of anilines is 2. The Labute approximate surface area is 196 Å². The molecule has 4 rings (SSSR count). The van der Waals surface area contributed by atoms with Crippen LogP contribution in [0.3, 0.4) is 0 Å². The standard InChI is InChI=1S/C18H12Cl2N2O5S4/c19-15-5-7-17(28-15)30(23,24)21-12-4-3-11(14-2-1-9-27-14)10-13(12)22-31(25,26)18-8-6-16(20)29-18/h1-10,21-22H. The molecule has 0 fully saturated rings. The summed E-state index contributed by atoms with van der Waals surface area (Å²) < 4.78 is 62.0. The number of benzene rings is 1. The molecule has 31 heavy (non-hydrogen) atoms. The zero-order valence-electron chi connectivity index (χ0n) is 15.2. The van der Waals surface area contributed by atoms with E-state index in [1.165, 1.54) is 42.7 Å². The van der Waals surface area contributed by atoms with Crippen LogP contribution in [0.1, 0.15) is 0 Å². The van der Waals surface area contributed by atoms with Gasteiger partial charge in [-0.25, -0.2) is 16.8 Å². The van der Waals surface area contributed by atoms with Gasteiger partial charge in [0, 0.05) is 5.56 Å². The minimum absolute atomic E-state index is 0.00791. The monoisotopic (exact) mass is 534 g/mol. The Morgan fingerprint density at radius 2 is 1.32 bits per heavy atom. The summed E-state index contributed by atoms with van der Waals surface area (Å²) in [5.41, 5.74) is 0.602. The van der Waals surface area contributed by atoms with Crippen molar-refractivity contribution in [1.82, 2.24) is 0 Å². The largest absolute Gasteiger partial charge is 0.464 e. The van der Waals surface area contributed by atoms with Gasteiger partial charge in [-0.05, 0) is 54.6 Å². The first-order chi connectivity index (χ1) is 14.6. The molecular formula is C18H12Cl2N2O5S4. The van der Waals surface area contributed by atoms with E-state index < -0.39 is 20.0 Å². The van der Waals surface area contributed by atoms with E-state index in [-0.39, 0.29) is 19.8 Å². The van der Waals surface area contributed by atoms with Crippen molar-refractivity contribution in [3.63, 3.8) is 0 Å². The van der Waals surface area contributed by atoms with E-state index in [9.17, 15) is 16.8 Å². The molecule has 13 heteroatoms. The topological polar surface area (TPSA) is 105 Å². The number of sulfonamides is 2. The van der Waals surface area contributed by atoms with Gasteiger partial charge < -0.3 is 4.42 Å². The van der Waals surface area contributed by atoms with Crippen molar-refractivity contribution < 1.29 is 21.3 Å². The van der Waals surface area contributed by atoms with E-state index in [2.05, 4.69) is 9.44 Å². The summed E-state index contributed by atoms with van der Waals surface area (Å²) in [5, 5.41) is 0. The summed E-state index contributed by atoms with van der Waals surface area (Å²) in [6, 6.07) is 13.6. The molecule has 0 saturated carbocycles. The second-order valence-corrected chi connectivity index (χ2v) is 13.3. The maximum Gasteiger partial charge on any atom is 0.271 e. The summed E-state index contributed by atoms with van der Waals surface area (Å²) in [4.78, 5) is 0. The number of nitrogens with one attached hydrogen (secondary N) is 2. The predicted molar refractivity (Wildman–Crippen MR) is 124 cm³/mol. The third-order valence-corrected chi connectivity index (χ3v) is 10.1. The van der Waals surface area contributed by atoms with E-state index in [0.717, 1.165) is 22.7 Å². The van der Waals surface area contributed by atoms with Crippen LogP contribution in [0.15, 0.2) is 73.7 Å². The molecule has 0 spiro atoms. The second kappa shape index (κ2) is 8.49. The predicted octanol–water partition coefficient (Wildman–Crippen LogP) is 5.98. The lowest BCUT2D eigenvalue weighted by molar-refractivity contribution is 0.582. The van der Waals surface area contributed by atoms with Gasteiger partial charge in [0.15, 0.2) is 0 Å². The first-order valence-electron chi connectivity index (χ1n) is 8.38. The highest BCUT2D eigenvalue weighted by Crippen LogP contribution is 2.35. The van der Waals surface area contributed by atoms with Crippen LogP contribution in [-0.4, -0.2) is 16.8 Å². The molecule has 3 aromatic heterocycles. The first kappa shape index (κ1) is 22.2. The minimum atomic E-state index is -4.02. The Hall–Kier alpha value is -2.02. The number of furan rings is 1. The zero-order chi connectivity index (χ0) is 22.2. The Bertz CT molecular complexity index is 1440. The fraction of sp³-hybridized carbons (Fsp3) is 0. The van der Waals surface area contributed by atoms with E-state index in [1.807, 2.05) is 0 Å². The zero-order valence-corrected chi connectivity index (χ0v) is 20.0. The molecule has 0 aliphatic rings. The number of hydrogen-bond donors (Lipinski definition) is 2. The lowest BCUT2D eigenvalue weighted by atomic mass is 10.1. The van der Waals surface area contributed by atoms with Crippen LogP contribution in [0.4, 0.5) is 11.4 Å². The van der Waals surface area contributed by atoms with Gasteiger partial charge in [0.25, 0.3) is 20.0 Å². The van der Waals surface area contributed by atoms with Crippen molar-refractivity contribution in [3.8, 4) is 11.3 Å². The molecule has 0 radical (unpaired) electrons. The molecule has 4 aromatic rings. The van der Waals surface area contributed by atoms with Crippen LogP contribution < -0.4 is 9.44 Å². The minimum Gasteiger partial charge on any atom is -0.464 e. The Morgan fingerprint density at radius 1 is 0.742 bits per heavy atom. The molecule has 0 bridgehead atoms. The molecule has 2 N–H and O–H groups in total. The van der Waals surface area contributed by atoms with Crippen LogP contribution >= 0.6 is 45.9 Å². The molecule has 3 heterocycles. The second-order valence-electron chi connectivity index (χ2n) is 6.07. The van der Waals surface area contributed by atoms with Gasteiger partial charge in [-0.2, -0.15) is 0 Å². The SMILES string of the molecule is O=S(=O)(Nc1ccc(-c2ccco2)cc1NS(=O)(=O)c1ccc(Cl)s1)c1ccc(Cl)s1. The van der Waals surface area contributed by atoms with Crippen molar-refractivity contribution >= 4 is 77.3 Å². The van der Waals surface area contributed by atoms with Gasteiger partial charge >= 0.3 is 0 Å². The van der Waals surface area contributed by atoms with Crippen LogP contribution in [-0.2, 0) is 20.0 Å². The molecule has 162 valence electrons. The van der Waals surface area contributed by atoms with E-state index in [0.29, 0.717) is 20.0 Å². The smallest absolute Gasteiger partial charge is 0.271 e. The fourth-order valence-electron chi connectivity index (χ4n) is 2.59. The molecule has 0 unspecified atom stereocenters. The number of thiophene rings is 2. The maximum atomic E-state index is 12.8. The highest BCUT2D eigenvalue weighted by molar-refractivity contribution is 7.95. The third-order valence-electron chi connectivity index (χ3n) is 3.94. The fourth-order valence-corrected chi connectivity index (χ4v) is 7.70. The van der Waals surface area contributed by atoms with Gasteiger partial charge in [-0.15, -0.1) is 22.7 Å². The normalized spacial score (nSPS) is 12.1. The van der Waals surface area contributed by atoms with E-state index in [1.54, 1.807) is 18.2 Å². The molecular weight excluding hydrogens is 523 g/mol. The van der Waals surface area contributed by atoms with E-state index >= 15 is 0 Å². The molecule has 0 amide bonds. The summed E-state index contributed by atoms with van der Waals surface area (Å²) in [5.74, 6) is 0.485. The summed E-state index contributed by atoms with van der Waals surface area (Å²) >= 11 is 13.5. The summed E-state index contributed by atoms with van der Waals surface area (Å²) in [6.45, 7) is 0. The summed E-state index contributed by atoms with van der Waals surface area (Å²) in [7, 11) is -8.01. The average molecular weight is 535 g/mol. The van der Waals surface area contributed by atoms with Crippen LogP contribution in [0.2, 0.25) is 8.67 Å². The molecule has 0 aliphatic heterocycles. The lowest BCUT2D eigenvalue weighted by Gasteiger charge is -2.15. The third kappa shape index (κ3) is 4.92. The number of hydrogen-bond acceptors (Lipinski definition) is 7. The van der Waals surface area contributed by atoms with Gasteiger partial charge in [0.1, 0.15) is 14.2 Å². The van der Waals surface area contributed by atoms with Gasteiger partial charge in [-0.3, -0.25) is 9.44 Å². The van der Waals surface area contributed by atoms with Crippen molar-refractivity contribution in [2.45, 2.75) is 8.42 Å². The Morgan fingerprint density at radius 3 is 1.81 bits per heavy atom. The van der Waals surface area contributed by atoms with E-state index in [4.69, 9.17) is 27.6 Å². The highest BCUT2D eigenvalue weighted by atomic mass is 35.5. The van der Waals surface area contributed by atoms with Crippen LogP contribution in [0.25, 0.3) is 11.3 Å². The molecule has 0 saturated heterocycles. The van der Waals surface area contributed by atoms with Crippen molar-refractivity contribution in [2.24, 2.45) is 0 Å². The van der Waals surface area contributed by atoms with Crippen LogP contribution in [0.5, 0.6) is 0 Å². The Balaban J connectivity index is 1.76. The van der Waals surface area contributed by atoms with Gasteiger partial charge in [0.2, 0.25) is 0 Å².